The van der Waals surface area contributed by atoms with Crippen molar-refractivity contribution in [3.8, 4) is 5.75 Å². The molecule has 0 saturated carbocycles. The van der Waals surface area contributed by atoms with Crippen molar-refractivity contribution in [2.24, 2.45) is 0 Å². The van der Waals surface area contributed by atoms with Crippen LogP contribution in [0.1, 0.15) is 5.56 Å². The highest BCUT2D eigenvalue weighted by Gasteiger charge is 2.18. The molecule has 0 atom stereocenters. The summed E-state index contributed by atoms with van der Waals surface area (Å²) in [7, 11) is -3.57. The van der Waals surface area contributed by atoms with E-state index in [2.05, 4.69) is 5.32 Å². The largest absolute Gasteiger partial charge is 0.484 e. The van der Waals surface area contributed by atoms with Crippen molar-refractivity contribution in [1.82, 2.24) is 0 Å². The van der Waals surface area contributed by atoms with E-state index in [1.807, 2.05) is 0 Å². The molecule has 0 fully saturated rings. The number of carbonyl (C=O) groups excluding carboxylic acids is 1. The van der Waals surface area contributed by atoms with Crippen LogP contribution in [0.25, 0.3) is 0 Å². The average molecular weight is 481 g/mol. The van der Waals surface area contributed by atoms with Gasteiger partial charge < -0.3 is 10.1 Å². The van der Waals surface area contributed by atoms with Gasteiger partial charge in [0.05, 0.1) is 24.2 Å². The van der Waals surface area contributed by atoms with Gasteiger partial charge in [0, 0.05) is 11.1 Å². The Bertz CT molecular complexity index is 1200. The zero-order chi connectivity index (χ0) is 23.3. The lowest BCUT2D eigenvalue weighted by Crippen LogP contribution is -2.29. The van der Waals surface area contributed by atoms with Crippen LogP contribution in [0.3, 0.4) is 0 Å². The third-order valence-corrected chi connectivity index (χ3v) is 5.73. The van der Waals surface area contributed by atoms with Gasteiger partial charge in [0.15, 0.2) is 6.61 Å². The van der Waals surface area contributed by atoms with Gasteiger partial charge in [-0.2, -0.15) is 0 Å². The highest BCUT2D eigenvalue weighted by molar-refractivity contribution is 7.92. The quantitative estimate of drug-likeness (QED) is 0.511. The Morgan fingerprint density at radius 2 is 1.69 bits per heavy atom. The van der Waals surface area contributed by atoms with Crippen molar-refractivity contribution >= 4 is 38.9 Å². The van der Waals surface area contributed by atoms with Crippen molar-refractivity contribution in [3.63, 3.8) is 0 Å². The molecule has 0 unspecified atom stereocenters. The highest BCUT2D eigenvalue weighted by atomic mass is 35.5. The first kappa shape index (κ1) is 23.5. The summed E-state index contributed by atoms with van der Waals surface area (Å²) in [6.07, 6.45) is 1.10. The Balaban J connectivity index is 1.64. The van der Waals surface area contributed by atoms with E-state index in [0.717, 1.165) is 24.0 Å². The Morgan fingerprint density at radius 1 is 1.03 bits per heavy atom. The fourth-order valence-electron chi connectivity index (χ4n) is 2.79. The second-order valence-electron chi connectivity index (χ2n) is 6.85. The Hall–Kier alpha value is -3.17. The predicted octanol–water partition coefficient (Wildman–Crippen LogP) is 4.60. The molecule has 0 saturated heterocycles. The van der Waals surface area contributed by atoms with E-state index in [1.54, 1.807) is 36.4 Å². The number of ether oxygens (including phenoxy) is 1. The summed E-state index contributed by atoms with van der Waals surface area (Å²) in [6.45, 7) is -0.307. The second-order valence-corrected chi connectivity index (χ2v) is 9.19. The molecule has 0 heterocycles. The summed E-state index contributed by atoms with van der Waals surface area (Å²) in [4.78, 5) is 12.0. The van der Waals surface area contributed by atoms with Crippen LogP contribution in [-0.2, 0) is 21.4 Å². The minimum Gasteiger partial charge on any atom is -0.484 e. The van der Waals surface area contributed by atoms with Gasteiger partial charge in [-0.05, 0) is 54.1 Å². The van der Waals surface area contributed by atoms with E-state index in [0.29, 0.717) is 22.5 Å². The number of hydrogen-bond donors (Lipinski definition) is 1. The molecule has 168 valence electrons. The number of amides is 1. The molecule has 10 heteroatoms. The molecule has 1 amide bonds. The number of nitrogens with zero attached hydrogens (tertiary/aromatic N) is 1. The molecule has 6 nitrogen and oxygen atoms in total. The molecule has 0 aliphatic rings. The molecule has 0 radical (unpaired) electrons. The molecule has 0 aliphatic carbocycles. The first-order chi connectivity index (χ1) is 15.1. The summed E-state index contributed by atoms with van der Waals surface area (Å²) < 4.78 is 57.7. The molecule has 3 aromatic rings. The summed E-state index contributed by atoms with van der Waals surface area (Å²) in [5.74, 6) is -1.98. The monoisotopic (exact) mass is 480 g/mol. The first-order valence-electron chi connectivity index (χ1n) is 9.32. The Labute approximate surface area is 189 Å². The summed E-state index contributed by atoms with van der Waals surface area (Å²) in [6, 6.07) is 15.7. The van der Waals surface area contributed by atoms with Crippen LogP contribution < -0.4 is 14.4 Å². The first-order valence-corrected chi connectivity index (χ1v) is 11.5. The van der Waals surface area contributed by atoms with E-state index in [4.69, 9.17) is 16.3 Å². The standard InChI is InChI=1S/C22H19ClF2N2O4S/c1-32(29,30)27(13-15-2-4-16(23)5-3-15)18-7-9-19(10-8-18)31-14-22(28)26-21-11-6-17(24)12-20(21)25/h2-12H,13-14H2,1H3,(H,26,28). The molecule has 0 aliphatic heterocycles. The van der Waals surface area contributed by atoms with E-state index >= 15 is 0 Å². The van der Waals surface area contributed by atoms with Gasteiger partial charge in [0.1, 0.15) is 17.4 Å². The Kier molecular flexibility index (Phi) is 7.32. The minimum absolute atomic E-state index is 0.113. The molecular formula is C22H19ClF2N2O4S. The van der Waals surface area contributed by atoms with E-state index in [-0.39, 0.29) is 12.2 Å². The molecule has 0 bridgehead atoms. The normalized spacial score (nSPS) is 11.1. The van der Waals surface area contributed by atoms with Crippen molar-refractivity contribution in [1.29, 1.82) is 0 Å². The number of rotatable bonds is 8. The molecule has 1 N–H and O–H groups in total. The number of anilines is 2. The highest BCUT2D eigenvalue weighted by Crippen LogP contribution is 2.24. The molecular weight excluding hydrogens is 462 g/mol. The van der Waals surface area contributed by atoms with Gasteiger partial charge in [-0.1, -0.05) is 23.7 Å². The number of carbonyl (C=O) groups is 1. The van der Waals surface area contributed by atoms with Crippen LogP contribution in [0.5, 0.6) is 5.75 Å². The topological polar surface area (TPSA) is 75.7 Å². The summed E-state index contributed by atoms with van der Waals surface area (Å²) in [5, 5.41) is 2.83. The fourth-order valence-corrected chi connectivity index (χ4v) is 3.80. The van der Waals surface area contributed by atoms with Gasteiger partial charge in [-0.25, -0.2) is 17.2 Å². The maximum Gasteiger partial charge on any atom is 0.262 e. The number of hydrogen-bond acceptors (Lipinski definition) is 4. The van der Waals surface area contributed by atoms with Crippen LogP contribution in [0.15, 0.2) is 66.7 Å². The molecule has 0 aromatic heterocycles. The van der Waals surface area contributed by atoms with Crippen molar-refractivity contribution in [3.05, 3.63) is 89.0 Å². The average Bonchev–Trinajstić information content (AvgIpc) is 2.73. The lowest BCUT2D eigenvalue weighted by atomic mass is 10.2. The smallest absolute Gasteiger partial charge is 0.262 e. The number of benzene rings is 3. The number of halogens is 3. The molecule has 3 rings (SSSR count). The van der Waals surface area contributed by atoms with Crippen LogP contribution in [0.2, 0.25) is 5.02 Å². The van der Waals surface area contributed by atoms with Crippen LogP contribution in [0, 0.1) is 11.6 Å². The third kappa shape index (κ3) is 6.41. The second kappa shape index (κ2) is 9.97. The van der Waals surface area contributed by atoms with E-state index < -0.39 is 34.2 Å². The van der Waals surface area contributed by atoms with Gasteiger partial charge >= 0.3 is 0 Å². The zero-order valence-electron chi connectivity index (χ0n) is 16.9. The van der Waals surface area contributed by atoms with Crippen LogP contribution >= 0.6 is 11.6 Å². The fraction of sp³-hybridized carbons (Fsp3) is 0.136. The van der Waals surface area contributed by atoms with Crippen molar-refractivity contribution in [2.75, 3.05) is 22.5 Å². The van der Waals surface area contributed by atoms with Gasteiger partial charge in [-0.3, -0.25) is 9.10 Å². The lowest BCUT2D eigenvalue weighted by Gasteiger charge is -2.23. The summed E-state index contributed by atoms with van der Waals surface area (Å²) in [5.41, 5.74) is 0.999. The third-order valence-electron chi connectivity index (χ3n) is 4.34. The predicted molar refractivity (Wildman–Crippen MR) is 119 cm³/mol. The van der Waals surface area contributed by atoms with Crippen LogP contribution in [-0.4, -0.2) is 27.2 Å². The Morgan fingerprint density at radius 3 is 2.28 bits per heavy atom. The SMILES string of the molecule is CS(=O)(=O)N(Cc1ccc(Cl)cc1)c1ccc(OCC(=O)Nc2ccc(F)cc2F)cc1. The molecule has 0 spiro atoms. The zero-order valence-corrected chi connectivity index (χ0v) is 18.5. The van der Waals surface area contributed by atoms with Crippen molar-refractivity contribution < 1.29 is 26.7 Å². The number of sulfonamides is 1. The van der Waals surface area contributed by atoms with Gasteiger partial charge in [-0.15, -0.1) is 0 Å². The minimum atomic E-state index is -3.57. The molecule has 3 aromatic carbocycles. The van der Waals surface area contributed by atoms with E-state index in [1.165, 1.54) is 16.4 Å². The van der Waals surface area contributed by atoms with Gasteiger partial charge in [0.25, 0.3) is 5.91 Å². The summed E-state index contributed by atoms with van der Waals surface area (Å²) >= 11 is 5.88. The molecule has 32 heavy (non-hydrogen) atoms. The van der Waals surface area contributed by atoms with Gasteiger partial charge in [0.2, 0.25) is 10.0 Å². The number of nitrogens with one attached hydrogen (secondary N) is 1. The van der Waals surface area contributed by atoms with Crippen LogP contribution in [0.4, 0.5) is 20.2 Å². The van der Waals surface area contributed by atoms with E-state index in [9.17, 15) is 22.0 Å². The maximum absolute atomic E-state index is 13.6. The van der Waals surface area contributed by atoms with Crippen molar-refractivity contribution in [2.45, 2.75) is 6.54 Å². The maximum atomic E-state index is 13.6. The lowest BCUT2D eigenvalue weighted by molar-refractivity contribution is -0.118.